The van der Waals surface area contributed by atoms with E-state index in [-0.39, 0.29) is 0 Å². The fourth-order valence-corrected chi connectivity index (χ4v) is 4.85. The summed E-state index contributed by atoms with van der Waals surface area (Å²) in [5, 5.41) is 0. The predicted octanol–water partition coefficient (Wildman–Crippen LogP) is 2.54. The molecular formula is C20H39N3O. The van der Waals surface area contributed by atoms with Crippen LogP contribution in [-0.2, 0) is 4.74 Å². The van der Waals surface area contributed by atoms with Crippen molar-refractivity contribution in [3.63, 3.8) is 0 Å². The van der Waals surface area contributed by atoms with Crippen LogP contribution in [0.2, 0.25) is 0 Å². The van der Waals surface area contributed by atoms with E-state index >= 15 is 0 Å². The second-order valence-electron chi connectivity index (χ2n) is 8.65. The van der Waals surface area contributed by atoms with Crippen molar-refractivity contribution >= 4 is 0 Å². The maximum Gasteiger partial charge on any atom is 0.0619 e. The summed E-state index contributed by atoms with van der Waals surface area (Å²) in [6.07, 6.45) is 5.79. The lowest BCUT2D eigenvalue weighted by atomic mass is 9.79. The molecule has 3 aliphatic rings. The third kappa shape index (κ3) is 4.94. The molecule has 0 N–H and O–H groups in total. The van der Waals surface area contributed by atoms with Gasteiger partial charge >= 0.3 is 0 Å². The fourth-order valence-electron chi connectivity index (χ4n) is 4.85. The van der Waals surface area contributed by atoms with Crippen LogP contribution in [0.25, 0.3) is 0 Å². The summed E-state index contributed by atoms with van der Waals surface area (Å²) in [4.78, 5) is 8.08. The van der Waals surface area contributed by atoms with Gasteiger partial charge in [0, 0.05) is 57.9 Å². The van der Waals surface area contributed by atoms with Gasteiger partial charge < -0.3 is 4.74 Å². The van der Waals surface area contributed by atoms with Crippen LogP contribution in [0, 0.1) is 11.8 Å². The van der Waals surface area contributed by atoms with E-state index in [2.05, 4.69) is 35.5 Å². The molecule has 24 heavy (non-hydrogen) atoms. The third-order valence-electron chi connectivity index (χ3n) is 6.82. The Kier molecular flexibility index (Phi) is 6.97. The smallest absolute Gasteiger partial charge is 0.0619 e. The zero-order valence-electron chi connectivity index (χ0n) is 16.3. The van der Waals surface area contributed by atoms with Crippen LogP contribution in [-0.4, -0.2) is 85.8 Å². The molecular weight excluding hydrogens is 298 g/mol. The lowest BCUT2D eigenvalue weighted by Crippen LogP contribution is -2.53. The van der Waals surface area contributed by atoms with E-state index in [9.17, 15) is 0 Å². The summed E-state index contributed by atoms with van der Waals surface area (Å²) >= 11 is 0. The van der Waals surface area contributed by atoms with E-state index < -0.39 is 0 Å². The highest BCUT2D eigenvalue weighted by atomic mass is 16.5. The molecule has 140 valence electrons. The first-order chi connectivity index (χ1) is 11.6. The Morgan fingerprint density at radius 2 is 1.62 bits per heavy atom. The number of morpholine rings is 1. The quantitative estimate of drug-likeness (QED) is 0.767. The molecule has 0 bridgehead atoms. The van der Waals surface area contributed by atoms with Gasteiger partial charge in [0.05, 0.1) is 13.2 Å². The summed E-state index contributed by atoms with van der Waals surface area (Å²) in [6.45, 7) is 17.6. The van der Waals surface area contributed by atoms with Gasteiger partial charge in [-0.05, 0) is 44.4 Å². The molecule has 2 saturated heterocycles. The molecule has 1 aliphatic carbocycles. The molecule has 2 aliphatic heterocycles. The minimum atomic E-state index is 0.594. The van der Waals surface area contributed by atoms with Gasteiger partial charge in [0.2, 0.25) is 0 Å². The zero-order chi connectivity index (χ0) is 16.9. The van der Waals surface area contributed by atoms with Gasteiger partial charge in [-0.25, -0.2) is 0 Å². The Labute approximate surface area is 149 Å². The number of hydrogen-bond donors (Lipinski definition) is 0. The van der Waals surface area contributed by atoms with E-state index in [0.29, 0.717) is 6.04 Å². The fraction of sp³-hybridized carbons (Fsp3) is 1.00. The van der Waals surface area contributed by atoms with Gasteiger partial charge in [-0.2, -0.15) is 0 Å². The lowest BCUT2D eigenvalue weighted by molar-refractivity contribution is -0.00776. The topological polar surface area (TPSA) is 19.0 Å². The largest absolute Gasteiger partial charge is 0.379 e. The molecule has 0 radical (unpaired) electrons. The number of hydrogen-bond acceptors (Lipinski definition) is 4. The van der Waals surface area contributed by atoms with Crippen molar-refractivity contribution in [3.8, 4) is 0 Å². The van der Waals surface area contributed by atoms with Gasteiger partial charge in [-0.15, -0.1) is 0 Å². The number of nitrogens with zero attached hydrogens (tertiary/aromatic N) is 3. The molecule has 4 heteroatoms. The van der Waals surface area contributed by atoms with Crippen molar-refractivity contribution in [1.29, 1.82) is 0 Å². The molecule has 0 aromatic heterocycles. The highest BCUT2D eigenvalue weighted by Gasteiger charge is 2.29. The summed E-state index contributed by atoms with van der Waals surface area (Å²) in [6, 6.07) is 1.47. The van der Waals surface area contributed by atoms with Crippen LogP contribution in [0.4, 0.5) is 0 Å². The van der Waals surface area contributed by atoms with Gasteiger partial charge in [-0.3, -0.25) is 14.7 Å². The lowest BCUT2D eigenvalue weighted by Gasteiger charge is -2.43. The van der Waals surface area contributed by atoms with Crippen molar-refractivity contribution in [2.75, 3.05) is 59.0 Å². The second kappa shape index (κ2) is 8.98. The van der Waals surface area contributed by atoms with Crippen molar-refractivity contribution in [2.45, 2.75) is 58.5 Å². The molecule has 0 aromatic carbocycles. The van der Waals surface area contributed by atoms with Crippen LogP contribution in [0.3, 0.4) is 0 Å². The Morgan fingerprint density at radius 1 is 0.917 bits per heavy atom. The van der Waals surface area contributed by atoms with Crippen LogP contribution >= 0.6 is 0 Å². The standard InChI is InChI=1S/C20H39N3O/c1-17(2)19-4-6-20(7-5-19)23-12-9-21(10-13-23)8-11-22-14-15-24-16-18(22)3/h17-20H,4-16H2,1-3H3/t18-,19?,20?/m1/s1. The van der Waals surface area contributed by atoms with Gasteiger partial charge in [0.1, 0.15) is 0 Å². The molecule has 0 unspecified atom stereocenters. The molecule has 3 fully saturated rings. The third-order valence-corrected chi connectivity index (χ3v) is 6.82. The normalized spacial score (nSPS) is 34.8. The number of piperazine rings is 1. The average Bonchev–Trinajstić information content (AvgIpc) is 2.62. The van der Waals surface area contributed by atoms with E-state index in [0.717, 1.165) is 37.6 Å². The highest BCUT2D eigenvalue weighted by Crippen LogP contribution is 2.32. The van der Waals surface area contributed by atoms with Gasteiger partial charge in [0.15, 0.2) is 0 Å². The first-order valence-corrected chi connectivity index (χ1v) is 10.4. The van der Waals surface area contributed by atoms with Crippen molar-refractivity contribution in [1.82, 2.24) is 14.7 Å². The van der Waals surface area contributed by atoms with Gasteiger partial charge in [-0.1, -0.05) is 13.8 Å². The number of ether oxygens (including phenoxy) is 1. The molecule has 2 heterocycles. The van der Waals surface area contributed by atoms with Crippen molar-refractivity contribution < 1.29 is 4.74 Å². The van der Waals surface area contributed by atoms with E-state index in [1.807, 2.05) is 0 Å². The van der Waals surface area contributed by atoms with Crippen LogP contribution in [0.15, 0.2) is 0 Å². The van der Waals surface area contributed by atoms with Gasteiger partial charge in [0.25, 0.3) is 0 Å². The molecule has 0 amide bonds. The minimum Gasteiger partial charge on any atom is -0.379 e. The van der Waals surface area contributed by atoms with E-state index in [1.165, 1.54) is 65.0 Å². The van der Waals surface area contributed by atoms with Crippen LogP contribution in [0.1, 0.15) is 46.5 Å². The Morgan fingerprint density at radius 3 is 2.25 bits per heavy atom. The summed E-state index contributed by atoms with van der Waals surface area (Å²) < 4.78 is 5.55. The zero-order valence-corrected chi connectivity index (χ0v) is 16.3. The maximum atomic E-state index is 5.55. The number of rotatable bonds is 5. The first kappa shape index (κ1) is 18.6. The molecule has 0 spiro atoms. The minimum absolute atomic E-state index is 0.594. The SMILES string of the molecule is CC(C)C1CCC(N2CCN(CCN3CCOC[C@H]3C)CC2)CC1. The van der Waals surface area contributed by atoms with Crippen LogP contribution < -0.4 is 0 Å². The predicted molar refractivity (Wildman–Crippen MR) is 100 cm³/mol. The average molecular weight is 338 g/mol. The van der Waals surface area contributed by atoms with E-state index in [1.54, 1.807) is 0 Å². The molecule has 4 nitrogen and oxygen atoms in total. The Hall–Kier alpha value is -0.160. The monoisotopic (exact) mass is 337 g/mol. The van der Waals surface area contributed by atoms with Crippen molar-refractivity contribution in [2.24, 2.45) is 11.8 Å². The molecule has 3 rings (SSSR count). The summed E-state index contributed by atoms with van der Waals surface area (Å²) in [7, 11) is 0. The molecule has 1 saturated carbocycles. The molecule has 1 atom stereocenters. The summed E-state index contributed by atoms with van der Waals surface area (Å²) in [5.74, 6) is 1.86. The second-order valence-corrected chi connectivity index (χ2v) is 8.65. The highest BCUT2D eigenvalue weighted by molar-refractivity contribution is 4.84. The molecule has 0 aromatic rings. The summed E-state index contributed by atoms with van der Waals surface area (Å²) in [5.41, 5.74) is 0. The van der Waals surface area contributed by atoms with Crippen LogP contribution in [0.5, 0.6) is 0 Å². The van der Waals surface area contributed by atoms with Crippen molar-refractivity contribution in [3.05, 3.63) is 0 Å². The van der Waals surface area contributed by atoms with E-state index in [4.69, 9.17) is 4.74 Å². The first-order valence-electron chi connectivity index (χ1n) is 10.4. The maximum absolute atomic E-state index is 5.55. The Balaban J connectivity index is 1.34. The Bertz CT molecular complexity index is 360.